The van der Waals surface area contributed by atoms with Crippen LogP contribution in [0.3, 0.4) is 0 Å². The summed E-state index contributed by atoms with van der Waals surface area (Å²) in [6, 6.07) is 0. The fourth-order valence-corrected chi connectivity index (χ4v) is 11.5. The lowest BCUT2D eigenvalue weighted by molar-refractivity contribution is -0.324. The Labute approximate surface area is 110 Å². The summed E-state index contributed by atoms with van der Waals surface area (Å²) in [7, 11) is 0. The highest BCUT2D eigenvalue weighted by atomic mass is 15.0. The van der Waals surface area contributed by atoms with Gasteiger partial charge in [0.25, 0.3) is 0 Å². The second-order valence-corrected chi connectivity index (χ2v) is 9.96. The molecule has 0 nitrogen and oxygen atoms in total. The minimum absolute atomic E-state index is 0.791. The normalized spacial score (nSPS) is 90.5. The van der Waals surface area contributed by atoms with E-state index in [9.17, 15) is 0 Å². The Morgan fingerprint density at radius 1 is 0.944 bits per heavy atom. The molecule has 7 bridgehead atoms. The van der Waals surface area contributed by atoms with Gasteiger partial charge in [-0.2, -0.15) is 0 Å². The summed E-state index contributed by atoms with van der Waals surface area (Å²) in [5, 5.41) is 0. The van der Waals surface area contributed by atoms with Crippen LogP contribution in [0.5, 0.6) is 0 Å². The molecule has 8 fully saturated rings. The van der Waals surface area contributed by atoms with Gasteiger partial charge in [-0.05, 0) is 88.8 Å². The van der Waals surface area contributed by atoms with Gasteiger partial charge in [-0.3, -0.25) is 0 Å². The second-order valence-electron chi connectivity index (χ2n) is 9.96. The zero-order chi connectivity index (χ0) is 11.9. The molecule has 0 aliphatic heterocycles. The van der Waals surface area contributed by atoms with E-state index < -0.39 is 0 Å². The Bertz CT molecular complexity index is 540. The molecule has 2 spiro atoms. The van der Waals surface area contributed by atoms with Crippen molar-refractivity contribution in [1.29, 1.82) is 0 Å². The van der Waals surface area contributed by atoms with Gasteiger partial charge in [-0.1, -0.05) is 20.8 Å². The molecule has 0 aromatic carbocycles. The smallest absolute Gasteiger partial charge is 0.0144 e. The van der Waals surface area contributed by atoms with Crippen molar-refractivity contribution in [1.82, 2.24) is 0 Å². The molecule has 0 heteroatoms. The first-order valence-corrected chi connectivity index (χ1v) is 8.54. The molecule has 0 aromatic heterocycles. The van der Waals surface area contributed by atoms with Crippen molar-refractivity contribution in [3.63, 3.8) is 0 Å². The van der Waals surface area contributed by atoms with Crippen molar-refractivity contribution < 1.29 is 0 Å². The molecule has 0 N–H and O–H groups in total. The van der Waals surface area contributed by atoms with E-state index in [-0.39, 0.29) is 0 Å². The van der Waals surface area contributed by atoms with E-state index in [1.165, 1.54) is 23.7 Å². The highest BCUT2D eigenvalue weighted by molar-refractivity contribution is 5.46. The molecule has 8 aliphatic rings. The maximum absolute atomic E-state index is 2.78. The molecule has 0 radical (unpaired) electrons. The van der Waals surface area contributed by atoms with E-state index in [2.05, 4.69) is 20.8 Å². The van der Waals surface area contributed by atoms with Crippen LogP contribution in [-0.2, 0) is 0 Å². The van der Waals surface area contributed by atoms with E-state index in [0.29, 0.717) is 0 Å². The largest absolute Gasteiger partial charge is 0.0614 e. The van der Waals surface area contributed by atoms with E-state index in [0.717, 1.165) is 39.4 Å². The highest BCUT2D eigenvalue weighted by Gasteiger charge is 2.99. The van der Waals surface area contributed by atoms with Gasteiger partial charge in [0.2, 0.25) is 0 Å². The average molecular weight is 240 g/mol. The van der Waals surface area contributed by atoms with Gasteiger partial charge in [-0.25, -0.2) is 0 Å². The summed E-state index contributed by atoms with van der Waals surface area (Å²) in [6.07, 6.45) is 6.61. The predicted molar refractivity (Wildman–Crippen MR) is 69.7 cm³/mol. The molecule has 8 saturated carbocycles. The standard InChI is InChI=1S/C18H24/c1-8-16(3)12-7-17(8)6-11(12)15(2)13-5-9-4-10(14(15)17)18(9,13)16/h8-14H,4-7H2,1-3H3. The summed E-state index contributed by atoms with van der Waals surface area (Å²) >= 11 is 0. The molecule has 0 heterocycles. The first-order valence-electron chi connectivity index (χ1n) is 8.54. The first-order chi connectivity index (χ1) is 8.54. The number of hydrogen-bond acceptors (Lipinski definition) is 0. The first kappa shape index (κ1) is 9.03. The monoisotopic (exact) mass is 240 g/mol. The number of rotatable bonds is 0. The van der Waals surface area contributed by atoms with Crippen LogP contribution in [0.2, 0.25) is 0 Å². The van der Waals surface area contributed by atoms with Gasteiger partial charge in [0.1, 0.15) is 0 Å². The fourth-order valence-electron chi connectivity index (χ4n) is 11.5. The highest BCUT2D eigenvalue weighted by Crippen LogP contribution is 3.04. The van der Waals surface area contributed by atoms with E-state index in [1.807, 2.05) is 0 Å². The van der Waals surface area contributed by atoms with E-state index in [1.54, 1.807) is 25.7 Å². The van der Waals surface area contributed by atoms with Crippen molar-refractivity contribution >= 4 is 0 Å². The van der Waals surface area contributed by atoms with Crippen LogP contribution < -0.4 is 0 Å². The van der Waals surface area contributed by atoms with Gasteiger partial charge in [0.15, 0.2) is 0 Å². The minimum atomic E-state index is 0.791. The second kappa shape index (κ2) is 1.81. The Morgan fingerprint density at radius 3 is 2.50 bits per heavy atom. The van der Waals surface area contributed by atoms with Crippen LogP contribution >= 0.6 is 0 Å². The summed E-state index contributed by atoms with van der Waals surface area (Å²) < 4.78 is 0. The van der Waals surface area contributed by atoms with Gasteiger partial charge in [0.05, 0.1) is 0 Å². The fraction of sp³-hybridized carbons (Fsp3) is 1.00. The summed E-state index contributed by atoms with van der Waals surface area (Å²) in [6.45, 7) is 8.24. The quantitative estimate of drug-likeness (QED) is 0.601. The van der Waals surface area contributed by atoms with Gasteiger partial charge < -0.3 is 0 Å². The molecule has 18 heavy (non-hydrogen) atoms. The maximum Gasteiger partial charge on any atom is -0.0144 e. The van der Waals surface area contributed by atoms with Crippen LogP contribution in [-0.4, -0.2) is 0 Å². The topological polar surface area (TPSA) is 0 Å². The van der Waals surface area contributed by atoms with Crippen LogP contribution in [0.1, 0.15) is 46.5 Å². The van der Waals surface area contributed by atoms with Crippen molar-refractivity contribution in [2.24, 2.45) is 63.1 Å². The average Bonchev–Trinajstić information content (AvgIpc) is 2.83. The van der Waals surface area contributed by atoms with Crippen molar-refractivity contribution in [3.05, 3.63) is 0 Å². The van der Waals surface area contributed by atoms with Crippen molar-refractivity contribution in [2.45, 2.75) is 46.5 Å². The molecule has 96 valence electrons. The molecular weight excluding hydrogens is 216 g/mol. The molecule has 8 rings (SSSR count). The van der Waals surface area contributed by atoms with Crippen molar-refractivity contribution in [2.75, 3.05) is 0 Å². The molecule has 11 unspecified atom stereocenters. The molecule has 0 amide bonds. The summed E-state index contributed by atoms with van der Waals surface area (Å²) in [5.74, 6) is 8.12. The summed E-state index contributed by atoms with van der Waals surface area (Å²) in [5.41, 5.74) is 3.36. The van der Waals surface area contributed by atoms with Gasteiger partial charge in [0, 0.05) is 0 Å². The Kier molecular flexibility index (Phi) is 0.909. The molecule has 0 aromatic rings. The molecular formula is C18H24. The van der Waals surface area contributed by atoms with Crippen LogP contribution in [0.15, 0.2) is 0 Å². The van der Waals surface area contributed by atoms with Gasteiger partial charge in [-0.15, -0.1) is 0 Å². The lowest BCUT2D eigenvalue weighted by Crippen LogP contribution is -2.75. The third kappa shape index (κ3) is 0.399. The molecule has 8 aliphatic carbocycles. The van der Waals surface area contributed by atoms with E-state index >= 15 is 0 Å². The van der Waals surface area contributed by atoms with Crippen LogP contribution in [0, 0.1) is 63.1 Å². The Morgan fingerprint density at radius 2 is 1.72 bits per heavy atom. The Balaban J connectivity index is 1.70. The lowest BCUT2D eigenvalue weighted by atomic mass is 9.24. The number of hydrogen-bond donors (Lipinski definition) is 0. The van der Waals surface area contributed by atoms with Gasteiger partial charge >= 0.3 is 0 Å². The minimum Gasteiger partial charge on any atom is -0.0614 e. The third-order valence-corrected chi connectivity index (χ3v) is 11.3. The summed E-state index contributed by atoms with van der Waals surface area (Å²) in [4.78, 5) is 0. The third-order valence-electron chi connectivity index (χ3n) is 11.3. The van der Waals surface area contributed by atoms with Crippen LogP contribution in [0.25, 0.3) is 0 Å². The SMILES string of the molecule is CC1C23CC4C(C2)C1(C)C12C5CC1C3C4(C)C2C5. The molecule has 11 atom stereocenters. The zero-order valence-corrected chi connectivity index (χ0v) is 11.9. The van der Waals surface area contributed by atoms with Crippen LogP contribution in [0.4, 0.5) is 0 Å². The predicted octanol–water partition coefficient (Wildman–Crippen LogP) is 3.96. The van der Waals surface area contributed by atoms with E-state index in [4.69, 9.17) is 0 Å². The zero-order valence-electron chi connectivity index (χ0n) is 11.9. The molecule has 0 saturated heterocycles. The van der Waals surface area contributed by atoms with Crippen molar-refractivity contribution in [3.8, 4) is 0 Å². The maximum atomic E-state index is 2.78. The Hall–Kier alpha value is 0. The lowest BCUT2D eigenvalue weighted by Gasteiger charge is -2.80.